The van der Waals surface area contributed by atoms with Crippen LogP contribution in [0.2, 0.25) is 0 Å². The first kappa shape index (κ1) is 21.8. The summed E-state index contributed by atoms with van der Waals surface area (Å²) in [4.78, 5) is 37.8. The Morgan fingerprint density at radius 3 is 2.77 bits per heavy atom. The third-order valence-electron chi connectivity index (χ3n) is 4.31. The second-order valence-corrected chi connectivity index (χ2v) is 8.39. The molecule has 2 aromatic rings. The molecule has 2 amide bonds. The van der Waals surface area contributed by atoms with Crippen LogP contribution in [0.15, 0.2) is 28.6 Å². The van der Waals surface area contributed by atoms with Crippen LogP contribution in [0.5, 0.6) is 5.75 Å². The van der Waals surface area contributed by atoms with Crippen molar-refractivity contribution >= 4 is 51.7 Å². The van der Waals surface area contributed by atoms with Crippen molar-refractivity contribution < 1.29 is 23.9 Å². The molecular formula is C18H21N5O5S2. The van der Waals surface area contributed by atoms with Gasteiger partial charge < -0.3 is 25.0 Å². The summed E-state index contributed by atoms with van der Waals surface area (Å²) in [5, 5.41) is 14.6. The molecule has 2 N–H and O–H groups in total. The number of thioether (sulfide) groups is 1. The molecule has 1 saturated heterocycles. The highest BCUT2D eigenvalue weighted by atomic mass is 32.2. The number of rotatable bonds is 8. The van der Waals surface area contributed by atoms with Gasteiger partial charge >= 0.3 is 5.97 Å². The number of amides is 2. The number of esters is 1. The summed E-state index contributed by atoms with van der Waals surface area (Å²) in [7, 11) is 2.85. The maximum absolute atomic E-state index is 12.7. The van der Waals surface area contributed by atoms with E-state index in [0.29, 0.717) is 22.6 Å². The number of anilines is 2. The molecule has 0 radical (unpaired) electrons. The first-order valence-corrected chi connectivity index (χ1v) is 10.8. The fraction of sp³-hybridized carbons (Fsp3) is 0.389. The van der Waals surface area contributed by atoms with Gasteiger partial charge in [-0.05, 0) is 24.3 Å². The second-order valence-electron chi connectivity index (χ2n) is 6.19. The van der Waals surface area contributed by atoms with Gasteiger partial charge in [-0.1, -0.05) is 23.1 Å². The van der Waals surface area contributed by atoms with Crippen molar-refractivity contribution in [2.45, 2.75) is 16.8 Å². The predicted molar refractivity (Wildman–Crippen MR) is 112 cm³/mol. The second kappa shape index (κ2) is 10.3. The van der Waals surface area contributed by atoms with E-state index in [1.165, 1.54) is 35.1 Å². The number of carbonyl (C=O) groups excluding carboxylic acids is 3. The van der Waals surface area contributed by atoms with Crippen LogP contribution in [-0.2, 0) is 19.1 Å². The van der Waals surface area contributed by atoms with Crippen LogP contribution in [0.25, 0.3) is 0 Å². The van der Waals surface area contributed by atoms with Crippen molar-refractivity contribution in [3.05, 3.63) is 24.3 Å². The molecule has 0 spiro atoms. The number of nitrogens with zero attached hydrogens (tertiary/aromatic N) is 3. The van der Waals surface area contributed by atoms with E-state index in [1.807, 2.05) is 24.3 Å². The van der Waals surface area contributed by atoms with Crippen molar-refractivity contribution in [3.8, 4) is 5.75 Å². The molecule has 1 aromatic heterocycles. The maximum Gasteiger partial charge on any atom is 0.308 e. The number of methoxy groups -OCH3 is 2. The van der Waals surface area contributed by atoms with Crippen LogP contribution in [0.4, 0.5) is 10.8 Å². The highest BCUT2D eigenvalue weighted by molar-refractivity contribution is 8.01. The van der Waals surface area contributed by atoms with Gasteiger partial charge in [0.2, 0.25) is 16.9 Å². The molecule has 1 aliphatic rings. The smallest absolute Gasteiger partial charge is 0.308 e. The Morgan fingerprint density at radius 2 is 2.07 bits per heavy atom. The summed E-state index contributed by atoms with van der Waals surface area (Å²) in [5.74, 6) is -0.303. The number of carbonyl (C=O) groups is 3. The zero-order valence-electron chi connectivity index (χ0n) is 16.4. The maximum atomic E-state index is 12.7. The monoisotopic (exact) mass is 451 g/mol. The third-order valence-corrected chi connectivity index (χ3v) is 6.26. The molecule has 12 heteroatoms. The van der Waals surface area contributed by atoms with Crippen LogP contribution in [0.3, 0.4) is 0 Å². The summed E-state index contributed by atoms with van der Waals surface area (Å²) < 4.78 is 10.4. The van der Waals surface area contributed by atoms with Gasteiger partial charge in [-0.25, -0.2) is 0 Å². The minimum atomic E-state index is -0.860. The summed E-state index contributed by atoms with van der Waals surface area (Å²) >= 11 is 2.55. The fourth-order valence-corrected chi connectivity index (χ4v) is 4.44. The molecule has 0 unspecified atom stereocenters. The fourth-order valence-electron chi connectivity index (χ4n) is 2.78. The summed E-state index contributed by atoms with van der Waals surface area (Å²) in [6, 6.07) is 6.52. The van der Waals surface area contributed by atoms with Gasteiger partial charge in [0.15, 0.2) is 4.34 Å². The quantitative estimate of drug-likeness (QED) is 0.451. The number of nitrogens with one attached hydrogen (secondary N) is 2. The molecular weight excluding hydrogens is 430 g/mol. The molecule has 0 aliphatic carbocycles. The molecule has 0 saturated carbocycles. The molecule has 30 heavy (non-hydrogen) atoms. The lowest BCUT2D eigenvalue weighted by Crippen LogP contribution is -2.58. The van der Waals surface area contributed by atoms with E-state index in [4.69, 9.17) is 4.74 Å². The molecule has 160 valence electrons. The van der Waals surface area contributed by atoms with Crippen molar-refractivity contribution in [1.82, 2.24) is 20.4 Å². The minimum absolute atomic E-state index is 0.0854. The Labute approximate surface area is 181 Å². The topological polar surface area (TPSA) is 123 Å². The van der Waals surface area contributed by atoms with E-state index in [-0.39, 0.29) is 24.0 Å². The first-order valence-electron chi connectivity index (χ1n) is 9.01. The van der Waals surface area contributed by atoms with E-state index in [2.05, 4.69) is 25.6 Å². The van der Waals surface area contributed by atoms with Gasteiger partial charge in [0.25, 0.3) is 0 Å². The Bertz CT molecular complexity index is 905. The highest BCUT2D eigenvalue weighted by Crippen LogP contribution is 2.28. The number of aromatic nitrogens is 2. The van der Waals surface area contributed by atoms with Crippen molar-refractivity contribution in [2.75, 3.05) is 38.4 Å². The first-order chi connectivity index (χ1) is 14.5. The minimum Gasteiger partial charge on any atom is -0.497 e. The average molecular weight is 452 g/mol. The Balaban J connectivity index is 1.56. The van der Waals surface area contributed by atoms with Crippen LogP contribution in [0, 0.1) is 0 Å². The number of hydrogen-bond acceptors (Lipinski definition) is 10. The van der Waals surface area contributed by atoms with Crippen LogP contribution >= 0.6 is 23.1 Å². The largest absolute Gasteiger partial charge is 0.497 e. The average Bonchev–Trinajstić information content (AvgIpc) is 3.21. The van der Waals surface area contributed by atoms with Gasteiger partial charge in [-0.3, -0.25) is 14.4 Å². The molecule has 3 rings (SSSR count). The Morgan fingerprint density at radius 1 is 1.30 bits per heavy atom. The van der Waals surface area contributed by atoms with E-state index >= 15 is 0 Å². The molecule has 2 heterocycles. The third kappa shape index (κ3) is 5.60. The lowest BCUT2D eigenvalue weighted by Gasteiger charge is -2.34. The van der Waals surface area contributed by atoms with E-state index in [9.17, 15) is 14.4 Å². The summed E-state index contributed by atoms with van der Waals surface area (Å²) in [6.07, 6.45) is -0.173. The number of ether oxygens (including phenoxy) is 2. The van der Waals surface area contributed by atoms with E-state index < -0.39 is 12.0 Å². The van der Waals surface area contributed by atoms with Gasteiger partial charge in [-0.2, -0.15) is 0 Å². The lowest BCUT2D eigenvalue weighted by atomic mass is 10.1. The van der Waals surface area contributed by atoms with E-state index in [1.54, 1.807) is 7.11 Å². The molecule has 1 aromatic carbocycles. The summed E-state index contributed by atoms with van der Waals surface area (Å²) in [6.45, 7) is 0.689. The highest BCUT2D eigenvalue weighted by Gasteiger charge is 2.34. The lowest BCUT2D eigenvalue weighted by molar-refractivity contribution is -0.149. The molecule has 10 nitrogen and oxygen atoms in total. The molecule has 0 bridgehead atoms. The molecule has 1 atom stereocenters. The number of hydrogen-bond donors (Lipinski definition) is 2. The summed E-state index contributed by atoms with van der Waals surface area (Å²) in [5.41, 5.74) is 0.838. The zero-order chi connectivity index (χ0) is 21.5. The van der Waals surface area contributed by atoms with Gasteiger partial charge in [0.1, 0.15) is 11.8 Å². The normalized spacial score (nSPS) is 16.0. The number of benzene rings is 1. The predicted octanol–water partition coefficient (Wildman–Crippen LogP) is 1.27. The Hall–Kier alpha value is -2.86. The van der Waals surface area contributed by atoms with Crippen LogP contribution in [0.1, 0.15) is 6.42 Å². The molecule has 1 fully saturated rings. The molecule has 1 aliphatic heterocycles. The number of piperazine rings is 1. The standard InChI is InChI=1S/C18H21N5O5S2/c1-27-12-5-3-11(4-6-12)20-17-21-22-18(30-17)29-10-14(24)23-8-7-19-16(26)13(23)9-15(25)28-2/h3-6,13H,7-10H2,1-2H3,(H,19,26)(H,20,21)/t13-/m1/s1. The van der Waals surface area contributed by atoms with Crippen LogP contribution in [-0.4, -0.2) is 72.0 Å². The van der Waals surface area contributed by atoms with Crippen molar-refractivity contribution in [2.24, 2.45) is 0 Å². The van der Waals surface area contributed by atoms with Gasteiger partial charge in [0, 0.05) is 18.8 Å². The van der Waals surface area contributed by atoms with Crippen molar-refractivity contribution in [3.63, 3.8) is 0 Å². The van der Waals surface area contributed by atoms with Gasteiger partial charge in [-0.15, -0.1) is 10.2 Å². The van der Waals surface area contributed by atoms with Crippen molar-refractivity contribution in [1.29, 1.82) is 0 Å². The SMILES string of the molecule is COC(=O)C[C@@H]1C(=O)NCCN1C(=O)CSc1nnc(Nc2ccc(OC)cc2)s1. The van der Waals surface area contributed by atoms with E-state index in [0.717, 1.165) is 11.4 Å². The Kier molecular flexibility index (Phi) is 7.46. The zero-order valence-corrected chi connectivity index (χ0v) is 18.0. The van der Waals surface area contributed by atoms with Gasteiger partial charge in [0.05, 0.1) is 26.4 Å². The van der Waals surface area contributed by atoms with Crippen LogP contribution < -0.4 is 15.4 Å².